The molecule has 0 saturated carbocycles. The van der Waals surface area contributed by atoms with Gasteiger partial charge in [0.05, 0.1) is 43.0 Å². The first-order valence-electron chi connectivity index (χ1n) is 9.76. The highest BCUT2D eigenvalue weighted by molar-refractivity contribution is 6.39. The van der Waals surface area contributed by atoms with Gasteiger partial charge in [0.2, 0.25) is 11.8 Å². The van der Waals surface area contributed by atoms with Gasteiger partial charge in [-0.25, -0.2) is 0 Å². The summed E-state index contributed by atoms with van der Waals surface area (Å²) in [6, 6.07) is 8.88. The summed E-state index contributed by atoms with van der Waals surface area (Å²) in [5.41, 5.74) is 2.55. The Labute approximate surface area is 191 Å². The van der Waals surface area contributed by atoms with Gasteiger partial charge < -0.3 is 19.7 Å². The zero-order valence-electron chi connectivity index (χ0n) is 17.7. The lowest BCUT2D eigenvalue weighted by Crippen LogP contribution is -2.43. The second-order valence-corrected chi connectivity index (χ2v) is 8.17. The van der Waals surface area contributed by atoms with E-state index in [9.17, 15) is 9.59 Å². The van der Waals surface area contributed by atoms with Crippen LogP contribution in [-0.4, -0.2) is 62.5 Å². The zero-order chi connectivity index (χ0) is 22.5. The highest BCUT2D eigenvalue weighted by Crippen LogP contribution is 2.33. The maximum absolute atomic E-state index is 12.8. The first-order valence-corrected chi connectivity index (χ1v) is 10.5. The smallest absolute Gasteiger partial charge is 0.238 e. The lowest BCUT2D eigenvalue weighted by molar-refractivity contribution is -0.133. The van der Waals surface area contributed by atoms with E-state index in [1.54, 1.807) is 49.3 Å². The topological polar surface area (TPSA) is 71.1 Å². The second kappa shape index (κ2) is 10.2. The number of hydrogen-bond acceptors (Lipinski definition) is 5. The van der Waals surface area contributed by atoms with Crippen LogP contribution in [0.1, 0.15) is 11.1 Å². The van der Waals surface area contributed by atoms with Crippen molar-refractivity contribution in [3.63, 3.8) is 0 Å². The lowest BCUT2D eigenvalue weighted by atomic mass is 9.98. The molecule has 7 nitrogen and oxygen atoms in total. The Kier molecular flexibility index (Phi) is 7.64. The van der Waals surface area contributed by atoms with E-state index in [0.717, 1.165) is 17.5 Å². The zero-order valence-corrected chi connectivity index (χ0v) is 19.2. The quantitative estimate of drug-likeness (QED) is 0.677. The molecule has 1 N–H and O–H groups in total. The molecule has 31 heavy (non-hydrogen) atoms. The molecule has 0 unspecified atom stereocenters. The summed E-state index contributed by atoms with van der Waals surface area (Å²) in [4.78, 5) is 28.6. The van der Waals surface area contributed by atoms with Gasteiger partial charge >= 0.3 is 0 Å². The molecule has 0 aliphatic carbocycles. The van der Waals surface area contributed by atoms with Crippen LogP contribution in [0.5, 0.6) is 11.5 Å². The van der Waals surface area contributed by atoms with Crippen molar-refractivity contribution in [2.75, 3.05) is 46.2 Å². The number of hydrogen-bond donors (Lipinski definition) is 1. The molecule has 0 radical (unpaired) electrons. The van der Waals surface area contributed by atoms with Crippen molar-refractivity contribution in [3.05, 3.63) is 51.5 Å². The molecular weight excluding hydrogens is 441 g/mol. The molecule has 166 valence electrons. The average Bonchev–Trinajstić information content (AvgIpc) is 2.74. The van der Waals surface area contributed by atoms with Crippen LogP contribution in [0.2, 0.25) is 10.0 Å². The van der Waals surface area contributed by atoms with E-state index in [2.05, 4.69) is 5.32 Å². The minimum atomic E-state index is -0.300. The predicted molar refractivity (Wildman–Crippen MR) is 121 cm³/mol. The third-order valence-corrected chi connectivity index (χ3v) is 5.75. The van der Waals surface area contributed by atoms with Gasteiger partial charge in [0.1, 0.15) is 0 Å². The van der Waals surface area contributed by atoms with Gasteiger partial charge in [0, 0.05) is 13.1 Å². The molecule has 9 heteroatoms. The molecule has 0 saturated heterocycles. The van der Waals surface area contributed by atoms with Gasteiger partial charge in [0.15, 0.2) is 11.5 Å². The van der Waals surface area contributed by atoms with Crippen molar-refractivity contribution in [1.82, 2.24) is 9.80 Å². The van der Waals surface area contributed by atoms with E-state index in [0.29, 0.717) is 40.3 Å². The number of likely N-dealkylation sites (N-methyl/N-ethyl adjacent to an activating group) is 1. The summed E-state index contributed by atoms with van der Waals surface area (Å²) in [5.74, 6) is 0.977. The third-order valence-electron chi connectivity index (χ3n) is 5.12. The first-order chi connectivity index (χ1) is 14.8. The monoisotopic (exact) mass is 465 g/mol. The highest BCUT2D eigenvalue weighted by Gasteiger charge is 2.24. The van der Waals surface area contributed by atoms with E-state index in [4.69, 9.17) is 32.7 Å². The molecule has 1 heterocycles. The average molecular weight is 466 g/mol. The molecule has 0 atom stereocenters. The molecule has 1 aliphatic rings. The van der Waals surface area contributed by atoms with Crippen molar-refractivity contribution in [3.8, 4) is 11.5 Å². The summed E-state index contributed by atoms with van der Waals surface area (Å²) in [6.07, 6.45) is 0.733. The Hall–Kier alpha value is -2.48. The minimum Gasteiger partial charge on any atom is -0.493 e. The van der Waals surface area contributed by atoms with Crippen LogP contribution in [0.4, 0.5) is 5.69 Å². The van der Waals surface area contributed by atoms with E-state index in [-0.39, 0.29) is 24.9 Å². The van der Waals surface area contributed by atoms with Gasteiger partial charge in [-0.15, -0.1) is 0 Å². The SMILES string of the molecule is COc1cc2c(cc1OC)CN(C(=O)CN(C)CC(=O)Nc1c(Cl)cccc1Cl)CC2. The number of amides is 2. The van der Waals surface area contributed by atoms with Gasteiger partial charge in [-0.3, -0.25) is 14.5 Å². The number of fused-ring (bicyclic) bond motifs is 1. The first kappa shape index (κ1) is 23.2. The van der Waals surface area contributed by atoms with Crippen molar-refractivity contribution >= 4 is 40.7 Å². The molecule has 3 rings (SSSR count). The van der Waals surface area contributed by atoms with Gasteiger partial charge in [-0.1, -0.05) is 29.3 Å². The number of ether oxygens (including phenoxy) is 2. The van der Waals surface area contributed by atoms with Crippen LogP contribution in [0.25, 0.3) is 0 Å². The molecule has 2 aromatic carbocycles. The summed E-state index contributed by atoms with van der Waals surface area (Å²) in [6.45, 7) is 1.25. The summed E-state index contributed by atoms with van der Waals surface area (Å²) in [7, 11) is 4.91. The minimum absolute atomic E-state index is 0.0305. The van der Waals surface area contributed by atoms with Crippen LogP contribution in [-0.2, 0) is 22.6 Å². The fourth-order valence-corrected chi connectivity index (χ4v) is 4.02. The van der Waals surface area contributed by atoms with Gasteiger partial charge in [-0.05, 0) is 48.9 Å². The largest absolute Gasteiger partial charge is 0.493 e. The van der Waals surface area contributed by atoms with Crippen LogP contribution < -0.4 is 14.8 Å². The lowest BCUT2D eigenvalue weighted by Gasteiger charge is -2.31. The third kappa shape index (κ3) is 5.61. The number of nitrogens with one attached hydrogen (secondary N) is 1. The van der Waals surface area contributed by atoms with Crippen LogP contribution in [0.3, 0.4) is 0 Å². The Morgan fingerprint density at radius 2 is 1.68 bits per heavy atom. The van der Waals surface area contributed by atoms with Crippen molar-refractivity contribution in [2.45, 2.75) is 13.0 Å². The number of halogens is 2. The normalized spacial score (nSPS) is 13.0. The molecule has 1 aliphatic heterocycles. The highest BCUT2D eigenvalue weighted by atomic mass is 35.5. The maximum atomic E-state index is 12.8. The Morgan fingerprint density at radius 3 is 2.29 bits per heavy atom. The summed E-state index contributed by atoms with van der Waals surface area (Å²) >= 11 is 12.2. The number of benzene rings is 2. The number of para-hydroxylation sites is 1. The summed E-state index contributed by atoms with van der Waals surface area (Å²) < 4.78 is 10.7. The van der Waals surface area contributed by atoms with E-state index < -0.39 is 0 Å². The number of nitrogens with zero attached hydrogens (tertiary/aromatic N) is 2. The standard InChI is InChI=1S/C22H25Cl2N3O4/c1-26(12-20(28)25-22-16(23)5-4-6-17(22)24)13-21(29)27-8-7-14-9-18(30-2)19(31-3)10-15(14)11-27/h4-6,9-10H,7-8,11-13H2,1-3H3,(H,25,28). The molecule has 0 spiro atoms. The van der Waals surface area contributed by atoms with Crippen molar-refractivity contribution in [2.24, 2.45) is 0 Å². The maximum Gasteiger partial charge on any atom is 0.238 e. The molecule has 0 bridgehead atoms. The van der Waals surface area contributed by atoms with E-state index in [1.807, 2.05) is 12.1 Å². The number of methoxy groups -OCH3 is 2. The Balaban J connectivity index is 1.57. The van der Waals surface area contributed by atoms with E-state index >= 15 is 0 Å². The van der Waals surface area contributed by atoms with Gasteiger partial charge in [0.25, 0.3) is 0 Å². The van der Waals surface area contributed by atoms with Crippen molar-refractivity contribution < 1.29 is 19.1 Å². The predicted octanol–water partition coefficient (Wildman–Crippen LogP) is 3.47. The van der Waals surface area contributed by atoms with Crippen LogP contribution in [0, 0.1) is 0 Å². The summed E-state index contributed by atoms with van der Waals surface area (Å²) in [5, 5.41) is 3.42. The molecule has 0 aromatic heterocycles. The van der Waals surface area contributed by atoms with E-state index in [1.165, 1.54) is 0 Å². The number of carbonyl (C=O) groups excluding carboxylic acids is 2. The Bertz CT molecular complexity index is 963. The molecule has 0 fully saturated rings. The number of anilines is 1. The van der Waals surface area contributed by atoms with Crippen LogP contribution in [0.15, 0.2) is 30.3 Å². The van der Waals surface area contributed by atoms with Crippen LogP contribution >= 0.6 is 23.2 Å². The molecule has 2 amide bonds. The fourth-order valence-electron chi connectivity index (χ4n) is 3.52. The number of rotatable bonds is 7. The number of carbonyl (C=O) groups is 2. The molecule has 2 aromatic rings. The second-order valence-electron chi connectivity index (χ2n) is 7.36. The molecular formula is C22H25Cl2N3O4. The fraction of sp³-hybridized carbons (Fsp3) is 0.364. The van der Waals surface area contributed by atoms with Crippen molar-refractivity contribution in [1.29, 1.82) is 0 Å². The Morgan fingerprint density at radius 1 is 1.06 bits per heavy atom. The van der Waals surface area contributed by atoms with Gasteiger partial charge in [-0.2, -0.15) is 0 Å².